The number of piperazine rings is 1. The van der Waals surface area contributed by atoms with Gasteiger partial charge in [0.05, 0.1) is 5.02 Å². The van der Waals surface area contributed by atoms with Crippen LogP contribution in [0.25, 0.3) is 0 Å². The highest BCUT2D eigenvalue weighted by molar-refractivity contribution is 6.31. The van der Waals surface area contributed by atoms with Crippen molar-refractivity contribution in [3.05, 3.63) is 22.8 Å². The van der Waals surface area contributed by atoms with Crippen molar-refractivity contribution in [3.63, 3.8) is 0 Å². The van der Waals surface area contributed by atoms with E-state index in [1.807, 2.05) is 6.07 Å². The fourth-order valence-corrected chi connectivity index (χ4v) is 2.45. The molecule has 0 aromatic carbocycles. The van der Waals surface area contributed by atoms with Crippen molar-refractivity contribution >= 4 is 17.4 Å². The molecule has 4 nitrogen and oxygen atoms in total. The first-order valence-corrected chi connectivity index (χ1v) is 6.83. The monoisotopic (exact) mass is 268 g/mol. The number of hydrogen-bond acceptors (Lipinski definition) is 4. The third kappa shape index (κ3) is 2.94. The first-order chi connectivity index (χ1) is 8.61. The Morgan fingerprint density at radius 2 is 2.00 bits per heavy atom. The zero-order valence-corrected chi connectivity index (χ0v) is 11.8. The Morgan fingerprint density at radius 1 is 1.33 bits per heavy atom. The number of anilines is 1. The summed E-state index contributed by atoms with van der Waals surface area (Å²) in [6.45, 7) is 9.12. The number of hydrogen-bond donors (Lipinski definition) is 1. The highest BCUT2D eigenvalue weighted by Gasteiger charge is 2.20. The number of aromatic nitrogens is 1. The minimum absolute atomic E-state index is 0.459. The minimum atomic E-state index is 0.459. The van der Waals surface area contributed by atoms with Crippen LogP contribution in [0.15, 0.2) is 12.3 Å². The fraction of sp³-hybridized carbons (Fsp3) is 0.615. The van der Waals surface area contributed by atoms with Gasteiger partial charge in [0.25, 0.3) is 0 Å². The second-order valence-electron chi connectivity index (χ2n) is 4.95. The van der Waals surface area contributed by atoms with Crippen molar-refractivity contribution in [2.24, 2.45) is 5.73 Å². The normalized spacial score (nSPS) is 17.5. The SMILES string of the molecule is CC(C)N1CCN(c2cc(CN)c(Cl)cn2)CC1. The van der Waals surface area contributed by atoms with Crippen molar-refractivity contribution in [3.8, 4) is 0 Å². The molecule has 18 heavy (non-hydrogen) atoms. The maximum absolute atomic E-state index is 6.03. The van der Waals surface area contributed by atoms with E-state index in [1.54, 1.807) is 6.20 Å². The van der Waals surface area contributed by atoms with Crippen LogP contribution in [0.4, 0.5) is 5.82 Å². The Labute approximate surface area is 114 Å². The van der Waals surface area contributed by atoms with E-state index in [0.717, 1.165) is 37.6 Å². The van der Waals surface area contributed by atoms with Gasteiger partial charge < -0.3 is 10.6 Å². The van der Waals surface area contributed by atoms with E-state index in [1.165, 1.54) is 0 Å². The van der Waals surface area contributed by atoms with Crippen LogP contribution in [-0.4, -0.2) is 42.1 Å². The van der Waals surface area contributed by atoms with E-state index in [-0.39, 0.29) is 0 Å². The molecule has 1 aromatic heterocycles. The molecule has 1 aliphatic rings. The molecule has 0 saturated carbocycles. The highest BCUT2D eigenvalue weighted by Crippen LogP contribution is 2.21. The van der Waals surface area contributed by atoms with Gasteiger partial charge in [0.15, 0.2) is 0 Å². The third-order valence-electron chi connectivity index (χ3n) is 3.51. The van der Waals surface area contributed by atoms with E-state index in [0.29, 0.717) is 17.6 Å². The molecule has 2 N–H and O–H groups in total. The number of nitrogens with two attached hydrogens (primary N) is 1. The first kappa shape index (κ1) is 13.6. The first-order valence-electron chi connectivity index (χ1n) is 6.45. The lowest BCUT2D eigenvalue weighted by atomic mass is 10.2. The van der Waals surface area contributed by atoms with Gasteiger partial charge in [-0.3, -0.25) is 4.90 Å². The van der Waals surface area contributed by atoms with Crippen molar-refractivity contribution in [1.29, 1.82) is 0 Å². The molecular formula is C13H21ClN4. The Hall–Kier alpha value is -0.840. The number of nitrogens with zero attached hydrogens (tertiary/aromatic N) is 3. The molecule has 0 amide bonds. The summed E-state index contributed by atoms with van der Waals surface area (Å²) < 4.78 is 0. The smallest absolute Gasteiger partial charge is 0.128 e. The summed E-state index contributed by atoms with van der Waals surface area (Å²) in [5.41, 5.74) is 6.64. The number of halogens is 1. The van der Waals surface area contributed by atoms with Crippen molar-refractivity contribution in [2.45, 2.75) is 26.4 Å². The molecule has 0 spiro atoms. The summed E-state index contributed by atoms with van der Waals surface area (Å²) in [4.78, 5) is 9.18. The van der Waals surface area contributed by atoms with Crippen LogP contribution in [0.3, 0.4) is 0 Å². The van der Waals surface area contributed by atoms with Crippen molar-refractivity contribution in [2.75, 3.05) is 31.1 Å². The molecule has 1 aliphatic heterocycles. The average molecular weight is 269 g/mol. The van der Waals surface area contributed by atoms with Gasteiger partial charge in [0.1, 0.15) is 5.82 Å². The zero-order chi connectivity index (χ0) is 13.1. The summed E-state index contributed by atoms with van der Waals surface area (Å²) in [5, 5.41) is 0.655. The zero-order valence-electron chi connectivity index (χ0n) is 11.1. The molecule has 2 heterocycles. The summed E-state index contributed by atoms with van der Waals surface area (Å²) in [6, 6.07) is 2.62. The van der Waals surface area contributed by atoms with Gasteiger partial charge in [0.2, 0.25) is 0 Å². The van der Waals surface area contributed by atoms with Gasteiger partial charge in [-0.15, -0.1) is 0 Å². The molecule has 0 radical (unpaired) electrons. The second-order valence-corrected chi connectivity index (χ2v) is 5.36. The predicted octanol–water partition coefficient (Wildman–Crippen LogP) is 1.72. The van der Waals surface area contributed by atoms with E-state index < -0.39 is 0 Å². The van der Waals surface area contributed by atoms with Gasteiger partial charge in [-0.1, -0.05) is 11.6 Å². The van der Waals surface area contributed by atoms with Crippen LogP contribution < -0.4 is 10.6 Å². The van der Waals surface area contributed by atoms with Crippen LogP contribution in [0.5, 0.6) is 0 Å². The molecule has 1 saturated heterocycles. The molecule has 100 valence electrons. The largest absolute Gasteiger partial charge is 0.354 e. The number of rotatable bonds is 3. The molecule has 0 unspecified atom stereocenters. The summed E-state index contributed by atoms with van der Waals surface area (Å²) in [7, 11) is 0. The van der Waals surface area contributed by atoms with Gasteiger partial charge in [-0.05, 0) is 25.5 Å². The standard InChI is InChI=1S/C13H21ClN4/c1-10(2)17-3-5-18(6-4-17)13-7-11(8-15)12(14)9-16-13/h7,9-10H,3-6,8,15H2,1-2H3. The topological polar surface area (TPSA) is 45.4 Å². The van der Waals surface area contributed by atoms with Crippen LogP contribution in [-0.2, 0) is 6.54 Å². The fourth-order valence-electron chi connectivity index (χ4n) is 2.26. The molecule has 2 rings (SSSR count). The van der Waals surface area contributed by atoms with Crippen molar-refractivity contribution < 1.29 is 0 Å². The lowest BCUT2D eigenvalue weighted by molar-refractivity contribution is 0.209. The lowest BCUT2D eigenvalue weighted by Gasteiger charge is -2.37. The van der Waals surface area contributed by atoms with E-state index in [9.17, 15) is 0 Å². The third-order valence-corrected chi connectivity index (χ3v) is 3.85. The molecule has 0 bridgehead atoms. The Balaban J connectivity index is 2.05. The summed E-state index contributed by atoms with van der Waals surface area (Å²) in [6.07, 6.45) is 1.70. The number of pyridine rings is 1. The molecule has 1 fully saturated rings. The van der Waals surface area contributed by atoms with E-state index in [2.05, 4.69) is 28.6 Å². The molecule has 0 aliphatic carbocycles. The van der Waals surface area contributed by atoms with E-state index in [4.69, 9.17) is 17.3 Å². The van der Waals surface area contributed by atoms with Gasteiger partial charge >= 0.3 is 0 Å². The molecule has 5 heteroatoms. The summed E-state index contributed by atoms with van der Waals surface area (Å²) in [5.74, 6) is 0.989. The van der Waals surface area contributed by atoms with Crippen LogP contribution >= 0.6 is 11.6 Å². The average Bonchev–Trinajstić information content (AvgIpc) is 2.39. The lowest BCUT2D eigenvalue weighted by Crippen LogP contribution is -2.49. The van der Waals surface area contributed by atoms with E-state index >= 15 is 0 Å². The second kappa shape index (κ2) is 5.87. The Bertz CT molecular complexity index is 400. The quantitative estimate of drug-likeness (QED) is 0.907. The Morgan fingerprint density at radius 3 is 2.56 bits per heavy atom. The van der Waals surface area contributed by atoms with Crippen molar-refractivity contribution in [1.82, 2.24) is 9.88 Å². The molecule has 1 aromatic rings. The minimum Gasteiger partial charge on any atom is -0.354 e. The maximum atomic E-state index is 6.03. The van der Waals surface area contributed by atoms with Gasteiger partial charge in [-0.25, -0.2) is 4.98 Å². The van der Waals surface area contributed by atoms with Crippen LogP contribution in [0.2, 0.25) is 5.02 Å². The maximum Gasteiger partial charge on any atom is 0.128 e. The van der Waals surface area contributed by atoms with Gasteiger partial charge in [0, 0.05) is 45.0 Å². The molecule has 0 atom stereocenters. The highest BCUT2D eigenvalue weighted by atomic mass is 35.5. The predicted molar refractivity (Wildman–Crippen MR) is 76.1 cm³/mol. The van der Waals surface area contributed by atoms with Gasteiger partial charge in [-0.2, -0.15) is 0 Å². The van der Waals surface area contributed by atoms with Crippen LogP contribution in [0, 0.1) is 0 Å². The van der Waals surface area contributed by atoms with Crippen LogP contribution in [0.1, 0.15) is 19.4 Å². The Kier molecular flexibility index (Phi) is 4.43. The molecular weight excluding hydrogens is 248 g/mol. The summed E-state index contributed by atoms with van der Waals surface area (Å²) >= 11 is 6.03.